The molecule has 2 aromatic rings. The molecular formula is C14H15BrO4. The zero-order chi connectivity index (χ0) is 14.2. The molecule has 1 heterocycles. The molecule has 2 rings (SSSR count). The van der Waals surface area contributed by atoms with Crippen LogP contribution < -0.4 is 4.74 Å². The smallest absolute Gasteiger partial charge is 0.372 e. The summed E-state index contributed by atoms with van der Waals surface area (Å²) in [4.78, 5) is 11.3. The Bertz CT molecular complexity index is 628. The van der Waals surface area contributed by atoms with E-state index in [-0.39, 0.29) is 5.76 Å². The van der Waals surface area contributed by atoms with Crippen LogP contribution in [0.1, 0.15) is 30.0 Å². The van der Waals surface area contributed by atoms with Gasteiger partial charge in [0, 0.05) is 10.9 Å². The van der Waals surface area contributed by atoms with Gasteiger partial charge in [-0.2, -0.15) is 0 Å². The molecule has 0 spiro atoms. The maximum atomic E-state index is 11.3. The highest BCUT2D eigenvalue weighted by atomic mass is 79.9. The number of hydrogen-bond acceptors (Lipinski definition) is 3. The Balaban J connectivity index is 2.75. The van der Waals surface area contributed by atoms with Crippen molar-refractivity contribution in [2.24, 2.45) is 5.92 Å². The van der Waals surface area contributed by atoms with Crippen LogP contribution in [0.5, 0.6) is 5.75 Å². The summed E-state index contributed by atoms with van der Waals surface area (Å²) in [6, 6.07) is 3.57. The zero-order valence-electron chi connectivity index (χ0n) is 11.0. The lowest BCUT2D eigenvalue weighted by atomic mass is 9.99. The Morgan fingerprint density at radius 1 is 1.47 bits per heavy atom. The van der Waals surface area contributed by atoms with Crippen LogP contribution in [0.25, 0.3) is 11.0 Å². The Kier molecular flexibility index (Phi) is 3.85. The number of rotatable bonds is 4. The fourth-order valence-electron chi connectivity index (χ4n) is 2.08. The van der Waals surface area contributed by atoms with Gasteiger partial charge in [-0.05, 0) is 40.4 Å². The van der Waals surface area contributed by atoms with E-state index in [9.17, 15) is 9.90 Å². The van der Waals surface area contributed by atoms with Gasteiger partial charge in [0.05, 0.1) is 11.6 Å². The third-order valence-electron chi connectivity index (χ3n) is 2.86. The molecule has 0 bridgehead atoms. The molecule has 102 valence electrons. The summed E-state index contributed by atoms with van der Waals surface area (Å²) < 4.78 is 11.4. The summed E-state index contributed by atoms with van der Waals surface area (Å²) in [6.45, 7) is 4.08. The van der Waals surface area contributed by atoms with Crippen LogP contribution in [0.2, 0.25) is 0 Å². The van der Waals surface area contributed by atoms with Crippen LogP contribution in [0.4, 0.5) is 0 Å². The molecule has 0 atom stereocenters. The van der Waals surface area contributed by atoms with Crippen molar-refractivity contribution >= 4 is 32.9 Å². The van der Waals surface area contributed by atoms with E-state index in [1.165, 1.54) is 0 Å². The standard InChI is InChI=1S/C14H15BrO4/c1-7(2)4-9-10-5-8(18-3)6-11(15)12(10)19-13(9)14(16)17/h5-7H,4H2,1-3H3,(H,16,17). The van der Waals surface area contributed by atoms with Crippen molar-refractivity contribution in [3.05, 3.63) is 27.9 Å². The van der Waals surface area contributed by atoms with Gasteiger partial charge < -0.3 is 14.3 Å². The molecule has 0 saturated heterocycles. The van der Waals surface area contributed by atoms with Gasteiger partial charge in [0.1, 0.15) is 11.3 Å². The fourth-order valence-corrected chi connectivity index (χ4v) is 2.60. The minimum Gasteiger partial charge on any atom is -0.497 e. The Hall–Kier alpha value is -1.49. The average molecular weight is 327 g/mol. The van der Waals surface area contributed by atoms with Crippen molar-refractivity contribution in [1.29, 1.82) is 0 Å². The molecule has 0 aliphatic rings. The number of halogens is 1. The number of fused-ring (bicyclic) bond motifs is 1. The summed E-state index contributed by atoms with van der Waals surface area (Å²) in [5.41, 5.74) is 1.27. The molecule has 0 aliphatic heterocycles. The number of benzene rings is 1. The van der Waals surface area contributed by atoms with E-state index in [1.807, 2.05) is 19.9 Å². The van der Waals surface area contributed by atoms with E-state index in [1.54, 1.807) is 13.2 Å². The quantitative estimate of drug-likeness (QED) is 0.918. The van der Waals surface area contributed by atoms with Crippen LogP contribution in [0.3, 0.4) is 0 Å². The van der Waals surface area contributed by atoms with Crippen LogP contribution in [-0.4, -0.2) is 18.2 Å². The van der Waals surface area contributed by atoms with Gasteiger partial charge in [-0.3, -0.25) is 0 Å². The zero-order valence-corrected chi connectivity index (χ0v) is 12.6. The topological polar surface area (TPSA) is 59.7 Å². The van der Waals surface area contributed by atoms with Gasteiger partial charge in [-0.15, -0.1) is 0 Å². The molecule has 1 aromatic carbocycles. The second-order valence-electron chi connectivity index (χ2n) is 4.80. The molecule has 0 unspecified atom stereocenters. The SMILES string of the molecule is COc1cc(Br)c2oc(C(=O)O)c(CC(C)C)c2c1. The summed E-state index contributed by atoms with van der Waals surface area (Å²) in [7, 11) is 1.58. The van der Waals surface area contributed by atoms with Gasteiger partial charge >= 0.3 is 5.97 Å². The van der Waals surface area contributed by atoms with Crippen LogP contribution in [-0.2, 0) is 6.42 Å². The Labute approximate surface area is 119 Å². The summed E-state index contributed by atoms with van der Waals surface area (Å²) in [5, 5.41) is 10.0. The van der Waals surface area contributed by atoms with E-state index >= 15 is 0 Å². The second-order valence-corrected chi connectivity index (χ2v) is 5.65. The van der Waals surface area contributed by atoms with E-state index < -0.39 is 5.97 Å². The molecule has 0 saturated carbocycles. The first kappa shape index (κ1) is 13.9. The first-order valence-corrected chi connectivity index (χ1v) is 6.75. The van der Waals surface area contributed by atoms with Crippen molar-refractivity contribution in [1.82, 2.24) is 0 Å². The lowest BCUT2D eigenvalue weighted by molar-refractivity contribution is 0.0663. The molecule has 0 aliphatic carbocycles. The highest BCUT2D eigenvalue weighted by Gasteiger charge is 2.22. The van der Waals surface area contributed by atoms with E-state index in [0.29, 0.717) is 28.1 Å². The predicted octanol–water partition coefficient (Wildman–Crippen LogP) is 4.10. The summed E-state index contributed by atoms with van der Waals surface area (Å²) in [6.07, 6.45) is 0.647. The molecular weight excluding hydrogens is 312 g/mol. The number of aromatic carboxylic acids is 1. The van der Waals surface area contributed by atoms with E-state index in [4.69, 9.17) is 9.15 Å². The Morgan fingerprint density at radius 3 is 2.68 bits per heavy atom. The molecule has 0 radical (unpaired) electrons. The normalized spacial score (nSPS) is 11.2. The second kappa shape index (κ2) is 5.25. The Morgan fingerprint density at radius 2 is 2.16 bits per heavy atom. The third kappa shape index (κ3) is 2.61. The molecule has 19 heavy (non-hydrogen) atoms. The maximum Gasteiger partial charge on any atom is 0.372 e. The van der Waals surface area contributed by atoms with Gasteiger partial charge in [-0.1, -0.05) is 13.8 Å². The van der Waals surface area contributed by atoms with Crippen LogP contribution in [0, 0.1) is 5.92 Å². The number of hydrogen-bond donors (Lipinski definition) is 1. The number of furan rings is 1. The number of carbonyl (C=O) groups is 1. The molecule has 4 nitrogen and oxygen atoms in total. The molecule has 0 amide bonds. The molecule has 1 N–H and O–H groups in total. The van der Waals surface area contributed by atoms with Crippen molar-refractivity contribution < 1.29 is 19.1 Å². The average Bonchev–Trinajstić information content (AvgIpc) is 2.68. The predicted molar refractivity (Wildman–Crippen MR) is 76.0 cm³/mol. The number of methoxy groups -OCH3 is 1. The van der Waals surface area contributed by atoms with Gasteiger partial charge in [-0.25, -0.2) is 4.79 Å². The van der Waals surface area contributed by atoms with Gasteiger partial charge in [0.15, 0.2) is 0 Å². The molecule has 0 fully saturated rings. The largest absolute Gasteiger partial charge is 0.497 e. The van der Waals surface area contributed by atoms with E-state index in [2.05, 4.69) is 15.9 Å². The monoisotopic (exact) mass is 326 g/mol. The van der Waals surface area contributed by atoms with Crippen molar-refractivity contribution in [3.8, 4) is 5.75 Å². The number of carboxylic acids is 1. The maximum absolute atomic E-state index is 11.3. The lowest BCUT2D eigenvalue weighted by Crippen LogP contribution is -2.02. The van der Waals surface area contributed by atoms with Gasteiger partial charge in [0.25, 0.3) is 0 Å². The highest BCUT2D eigenvalue weighted by molar-refractivity contribution is 9.10. The lowest BCUT2D eigenvalue weighted by Gasteiger charge is -2.05. The van der Waals surface area contributed by atoms with Crippen molar-refractivity contribution in [2.45, 2.75) is 20.3 Å². The van der Waals surface area contributed by atoms with Crippen LogP contribution >= 0.6 is 15.9 Å². The van der Waals surface area contributed by atoms with Crippen molar-refractivity contribution in [3.63, 3.8) is 0 Å². The molecule has 1 aromatic heterocycles. The number of carboxylic acid groups (broad SMARTS) is 1. The minimum absolute atomic E-state index is 0.0117. The highest BCUT2D eigenvalue weighted by Crippen LogP contribution is 2.36. The van der Waals surface area contributed by atoms with Crippen molar-refractivity contribution in [2.75, 3.05) is 7.11 Å². The first-order chi connectivity index (χ1) is 8.93. The fraction of sp³-hybridized carbons (Fsp3) is 0.357. The molecule has 5 heteroatoms. The number of ether oxygens (including phenoxy) is 1. The summed E-state index contributed by atoms with van der Waals surface area (Å²) in [5.74, 6) is -0.0265. The van der Waals surface area contributed by atoms with Crippen LogP contribution in [0.15, 0.2) is 21.0 Å². The van der Waals surface area contributed by atoms with E-state index in [0.717, 1.165) is 10.9 Å². The van der Waals surface area contributed by atoms with Gasteiger partial charge in [0.2, 0.25) is 5.76 Å². The minimum atomic E-state index is -1.04. The summed E-state index contributed by atoms with van der Waals surface area (Å²) >= 11 is 3.38. The third-order valence-corrected chi connectivity index (χ3v) is 3.45. The first-order valence-electron chi connectivity index (χ1n) is 5.96.